The Morgan fingerprint density at radius 3 is 2.71 bits per heavy atom. The molecule has 6 nitrogen and oxygen atoms in total. The number of carbonyl (C=O) groups is 2. The molecule has 0 saturated carbocycles. The van der Waals surface area contributed by atoms with Gasteiger partial charge in [-0.3, -0.25) is 5.32 Å². The quantitative estimate of drug-likeness (QED) is 0.486. The lowest BCUT2D eigenvalue weighted by Crippen LogP contribution is -2.21. The normalized spacial score (nSPS) is 11.3. The van der Waals surface area contributed by atoms with E-state index < -0.39 is 22.1 Å². The summed E-state index contributed by atoms with van der Waals surface area (Å²) in [5, 5.41) is 3.10. The van der Waals surface area contributed by atoms with Crippen molar-refractivity contribution in [2.24, 2.45) is 0 Å². The number of hydrogen-bond acceptors (Lipinski definition) is 5. The molecule has 0 spiro atoms. The zero-order chi connectivity index (χ0) is 17.9. The number of aldehydes is 1. The molecule has 1 aromatic carbocycles. The molecule has 9 heteroatoms. The fraction of sp³-hybridized carbons (Fsp3) is 0.267. The highest BCUT2D eigenvalue weighted by atomic mass is 35.6. The number of hydrogen-bond donors (Lipinski definition) is 1. The highest BCUT2D eigenvalue weighted by molar-refractivity contribution is 6.67. The molecule has 2 aromatic rings. The summed E-state index contributed by atoms with van der Waals surface area (Å²) in [6.07, 6.45) is -0.304. The van der Waals surface area contributed by atoms with Gasteiger partial charge >= 0.3 is 11.7 Å². The Hall–Kier alpha value is -1.76. The maximum Gasteiger partial charge on any atom is 0.411 e. The van der Waals surface area contributed by atoms with Crippen molar-refractivity contribution in [2.45, 2.75) is 17.1 Å². The van der Waals surface area contributed by atoms with Gasteiger partial charge in [0.05, 0.1) is 5.69 Å². The number of halogens is 3. The van der Waals surface area contributed by atoms with Gasteiger partial charge in [0.2, 0.25) is 3.79 Å². The lowest BCUT2D eigenvalue weighted by molar-refractivity contribution is -0.107. The number of rotatable bonds is 4. The molecule has 0 aliphatic carbocycles. The molecule has 1 amide bonds. The van der Waals surface area contributed by atoms with Crippen molar-refractivity contribution in [2.75, 3.05) is 11.9 Å². The molecule has 0 unspecified atom stereocenters. The molecule has 1 heterocycles. The predicted octanol–water partition coefficient (Wildman–Crippen LogP) is 3.76. The molecule has 24 heavy (non-hydrogen) atoms. The molecule has 0 aliphatic rings. The van der Waals surface area contributed by atoms with Gasteiger partial charge in [-0.15, -0.1) is 0 Å². The molecule has 1 N–H and O–H groups in total. The highest BCUT2D eigenvalue weighted by Gasteiger charge is 2.23. The van der Waals surface area contributed by atoms with Crippen LogP contribution < -0.4 is 10.9 Å². The van der Waals surface area contributed by atoms with Crippen molar-refractivity contribution in [3.8, 4) is 0 Å². The van der Waals surface area contributed by atoms with Crippen molar-refractivity contribution in [3.63, 3.8) is 0 Å². The molecule has 0 fully saturated rings. The van der Waals surface area contributed by atoms with E-state index in [1.165, 1.54) is 6.07 Å². The Balaban J connectivity index is 2.39. The van der Waals surface area contributed by atoms with Crippen LogP contribution in [0.5, 0.6) is 0 Å². The second-order valence-electron chi connectivity index (χ2n) is 4.90. The maximum atomic E-state index is 11.8. The molecule has 128 valence electrons. The summed E-state index contributed by atoms with van der Waals surface area (Å²) in [5.41, 5.74) is 0.986. The summed E-state index contributed by atoms with van der Waals surface area (Å²) in [7, 11) is 0. The van der Waals surface area contributed by atoms with E-state index in [1.807, 2.05) is 0 Å². The smallest absolute Gasteiger partial charge is 0.411 e. The van der Waals surface area contributed by atoms with Gasteiger partial charge in [0.15, 0.2) is 0 Å². The third-order valence-electron chi connectivity index (χ3n) is 3.11. The second kappa shape index (κ2) is 7.42. The first-order valence-corrected chi connectivity index (χ1v) is 7.85. The van der Waals surface area contributed by atoms with E-state index in [0.717, 1.165) is 0 Å². The molecule has 2 rings (SSSR count). The lowest BCUT2D eigenvalue weighted by Gasteiger charge is -2.14. The second-order valence-corrected chi connectivity index (χ2v) is 7.42. The minimum atomic E-state index is -1.74. The van der Waals surface area contributed by atoms with Crippen LogP contribution in [0, 0.1) is 6.92 Å². The third-order valence-corrected chi connectivity index (χ3v) is 3.44. The van der Waals surface area contributed by atoms with Crippen LogP contribution >= 0.6 is 34.8 Å². The Morgan fingerprint density at radius 2 is 2.08 bits per heavy atom. The van der Waals surface area contributed by atoms with E-state index in [0.29, 0.717) is 22.8 Å². The monoisotopic (exact) mass is 391 g/mol. The first-order valence-electron chi connectivity index (χ1n) is 6.72. The van der Waals surface area contributed by atoms with E-state index in [2.05, 4.69) is 5.32 Å². The Bertz CT molecular complexity index is 841. The fourth-order valence-electron chi connectivity index (χ4n) is 2.14. The molecule has 1 aromatic heterocycles. The van der Waals surface area contributed by atoms with Gasteiger partial charge < -0.3 is 13.9 Å². The SMILES string of the molecule is Cc1cc(=O)oc2c(CC=O)c(NC(=O)OCC(Cl)(Cl)Cl)ccc12. The first-order chi connectivity index (χ1) is 11.2. The zero-order valence-electron chi connectivity index (χ0n) is 12.4. The molecule has 0 radical (unpaired) electrons. The minimum absolute atomic E-state index is 0.0657. The molecular weight excluding hydrogens is 381 g/mol. The van der Waals surface area contributed by atoms with Crippen LogP contribution in [0.15, 0.2) is 27.4 Å². The van der Waals surface area contributed by atoms with Gasteiger partial charge in [0, 0.05) is 23.4 Å². The van der Waals surface area contributed by atoms with Crippen molar-refractivity contribution in [1.82, 2.24) is 0 Å². The third kappa shape index (κ3) is 4.63. The number of carbonyl (C=O) groups excluding carboxylic acids is 2. The summed E-state index contributed by atoms with van der Waals surface area (Å²) in [4.78, 5) is 34.4. The van der Waals surface area contributed by atoms with Crippen LogP contribution in [0.1, 0.15) is 11.1 Å². The van der Waals surface area contributed by atoms with Crippen molar-refractivity contribution in [1.29, 1.82) is 0 Å². The van der Waals surface area contributed by atoms with Crippen LogP contribution in [0.3, 0.4) is 0 Å². The zero-order valence-corrected chi connectivity index (χ0v) is 14.7. The first kappa shape index (κ1) is 18.6. The lowest BCUT2D eigenvalue weighted by atomic mass is 10.0. The van der Waals surface area contributed by atoms with E-state index in [1.54, 1.807) is 19.1 Å². The molecule has 0 bridgehead atoms. The van der Waals surface area contributed by atoms with E-state index in [4.69, 9.17) is 44.0 Å². The molecule has 0 atom stereocenters. The van der Waals surface area contributed by atoms with Gasteiger partial charge in [0.25, 0.3) is 0 Å². The van der Waals surface area contributed by atoms with Crippen LogP contribution in [0.25, 0.3) is 11.0 Å². The summed E-state index contributed by atoms with van der Waals surface area (Å²) in [5.74, 6) is 0. The van der Waals surface area contributed by atoms with Gasteiger partial charge in [-0.25, -0.2) is 9.59 Å². The number of aryl methyl sites for hydroxylation is 1. The Labute approximate surface area is 151 Å². The van der Waals surface area contributed by atoms with Crippen molar-refractivity contribution < 1.29 is 18.7 Å². The van der Waals surface area contributed by atoms with E-state index >= 15 is 0 Å². The number of anilines is 1. The van der Waals surface area contributed by atoms with Crippen LogP contribution in [-0.2, 0) is 16.0 Å². The van der Waals surface area contributed by atoms with E-state index in [-0.39, 0.29) is 17.7 Å². The number of amides is 1. The van der Waals surface area contributed by atoms with Gasteiger partial charge in [0.1, 0.15) is 18.5 Å². The molecule has 0 aliphatic heterocycles. The minimum Gasteiger partial charge on any atom is -0.445 e. The topological polar surface area (TPSA) is 85.6 Å². The Kier molecular flexibility index (Phi) is 5.74. The highest BCUT2D eigenvalue weighted by Crippen LogP contribution is 2.29. The standard InChI is InChI=1S/C15H12Cl3NO5/c1-8-6-12(21)24-13-9(8)2-3-11(10(13)4-5-20)19-14(22)23-7-15(16,17)18/h2-3,5-6H,4,7H2,1H3,(H,19,22). The van der Waals surface area contributed by atoms with Gasteiger partial charge in [-0.2, -0.15) is 0 Å². The molecular formula is C15H12Cl3NO5. The summed E-state index contributed by atoms with van der Waals surface area (Å²) < 4.78 is 8.23. The number of alkyl halides is 3. The van der Waals surface area contributed by atoms with Gasteiger partial charge in [-0.05, 0) is 24.6 Å². The van der Waals surface area contributed by atoms with Crippen molar-refractivity contribution >= 4 is 63.8 Å². The maximum absolute atomic E-state index is 11.8. The number of nitrogens with one attached hydrogen (secondary N) is 1. The van der Waals surface area contributed by atoms with Crippen LogP contribution in [0.2, 0.25) is 0 Å². The van der Waals surface area contributed by atoms with E-state index in [9.17, 15) is 14.4 Å². The summed E-state index contributed by atoms with van der Waals surface area (Å²) >= 11 is 16.5. The average molecular weight is 393 g/mol. The Morgan fingerprint density at radius 1 is 1.38 bits per heavy atom. The number of benzene rings is 1. The van der Waals surface area contributed by atoms with Crippen LogP contribution in [0.4, 0.5) is 10.5 Å². The van der Waals surface area contributed by atoms with Gasteiger partial charge in [-0.1, -0.05) is 34.8 Å². The largest absolute Gasteiger partial charge is 0.445 e. The molecule has 0 saturated heterocycles. The van der Waals surface area contributed by atoms with Crippen LogP contribution in [-0.4, -0.2) is 22.8 Å². The predicted molar refractivity (Wildman–Crippen MR) is 92.2 cm³/mol. The average Bonchev–Trinajstić information content (AvgIpc) is 2.47. The fourth-order valence-corrected chi connectivity index (χ4v) is 2.30. The summed E-state index contributed by atoms with van der Waals surface area (Å²) in [6.45, 7) is 1.29. The number of ether oxygens (including phenoxy) is 1. The summed E-state index contributed by atoms with van der Waals surface area (Å²) in [6, 6.07) is 4.58. The number of fused-ring (bicyclic) bond motifs is 1. The van der Waals surface area contributed by atoms with Crippen molar-refractivity contribution in [3.05, 3.63) is 39.7 Å².